The Bertz CT molecular complexity index is 614. The van der Waals surface area contributed by atoms with E-state index in [1.54, 1.807) is 0 Å². The number of aromatic nitrogens is 1. The lowest BCUT2D eigenvalue weighted by molar-refractivity contribution is 0.265. The third-order valence-electron chi connectivity index (χ3n) is 4.69. The smallest absolute Gasteiger partial charge is 0.216 e. The summed E-state index contributed by atoms with van der Waals surface area (Å²) in [6, 6.07) is 15.0. The lowest BCUT2D eigenvalue weighted by atomic mass is 9.88. The highest BCUT2D eigenvalue weighted by Gasteiger charge is 2.37. The van der Waals surface area contributed by atoms with E-state index in [9.17, 15) is 0 Å². The van der Waals surface area contributed by atoms with Crippen molar-refractivity contribution in [3.8, 4) is 5.88 Å². The first kappa shape index (κ1) is 12.8. The van der Waals surface area contributed by atoms with Gasteiger partial charge >= 0.3 is 0 Å². The topological polar surface area (TPSA) is 25.4 Å². The van der Waals surface area contributed by atoms with E-state index in [-0.39, 0.29) is 0 Å². The lowest BCUT2D eigenvalue weighted by Gasteiger charge is -2.17. The maximum atomic E-state index is 5.81. The third kappa shape index (κ3) is 2.54. The van der Waals surface area contributed by atoms with E-state index in [0.29, 0.717) is 11.8 Å². The Morgan fingerprint density at radius 1 is 1.10 bits per heavy atom. The Balaban J connectivity index is 1.55. The van der Waals surface area contributed by atoms with Crippen LogP contribution in [0.1, 0.15) is 23.5 Å². The largest absolute Gasteiger partial charge is 0.477 e. The fourth-order valence-electron chi connectivity index (χ4n) is 3.69. The summed E-state index contributed by atoms with van der Waals surface area (Å²) in [5, 5.41) is 0. The van der Waals surface area contributed by atoms with E-state index in [4.69, 9.17) is 4.74 Å². The van der Waals surface area contributed by atoms with Gasteiger partial charge in [0.2, 0.25) is 5.88 Å². The first-order chi connectivity index (χ1) is 10.4. The minimum atomic E-state index is 0.569. The maximum absolute atomic E-state index is 5.81. The summed E-state index contributed by atoms with van der Waals surface area (Å²) in [4.78, 5) is 6.98. The normalized spacial score (nSPS) is 24.8. The number of ether oxygens (including phenoxy) is 1. The van der Waals surface area contributed by atoms with Gasteiger partial charge in [0.1, 0.15) is 0 Å². The van der Waals surface area contributed by atoms with Gasteiger partial charge in [0, 0.05) is 37.3 Å². The van der Waals surface area contributed by atoms with Crippen molar-refractivity contribution in [2.24, 2.45) is 5.92 Å². The number of hydrogen-bond donors (Lipinski definition) is 0. The van der Waals surface area contributed by atoms with Crippen molar-refractivity contribution < 1.29 is 4.74 Å². The summed E-state index contributed by atoms with van der Waals surface area (Å²) in [6.45, 7) is 4.12. The molecule has 3 nitrogen and oxygen atoms in total. The molecule has 2 aromatic rings. The summed E-state index contributed by atoms with van der Waals surface area (Å²) in [5.41, 5.74) is 2.70. The second-order valence-corrected chi connectivity index (χ2v) is 6.08. The van der Waals surface area contributed by atoms with Crippen LogP contribution in [-0.2, 0) is 6.54 Å². The predicted octanol–water partition coefficient (Wildman–Crippen LogP) is 3.08. The van der Waals surface area contributed by atoms with Crippen molar-refractivity contribution in [1.29, 1.82) is 0 Å². The summed E-state index contributed by atoms with van der Waals surface area (Å²) >= 11 is 0. The van der Waals surface area contributed by atoms with Gasteiger partial charge in [-0.05, 0) is 24.0 Å². The van der Waals surface area contributed by atoms with Crippen molar-refractivity contribution >= 4 is 0 Å². The summed E-state index contributed by atoms with van der Waals surface area (Å²) < 4.78 is 5.81. The molecule has 2 atom stereocenters. The van der Waals surface area contributed by atoms with E-state index in [0.717, 1.165) is 38.5 Å². The molecule has 1 aromatic carbocycles. The van der Waals surface area contributed by atoms with Gasteiger partial charge in [0.25, 0.3) is 0 Å². The van der Waals surface area contributed by atoms with Crippen LogP contribution in [0.25, 0.3) is 0 Å². The van der Waals surface area contributed by atoms with Gasteiger partial charge in [-0.2, -0.15) is 0 Å². The zero-order chi connectivity index (χ0) is 14.1. The zero-order valence-corrected chi connectivity index (χ0v) is 12.1. The van der Waals surface area contributed by atoms with E-state index < -0.39 is 0 Å². The van der Waals surface area contributed by atoms with Crippen molar-refractivity contribution in [2.75, 3.05) is 19.7 Å². The highest BCUT2D eigenvalue weighted by Crippen LogP contribution is 2.40. The Labute approximate surface area is 125 Å². The SMILES string of the molecule is c1ccc(CN2CC3CCOc4ncccc4C3C2)cc1. The Morgan fingerprint density at radius 2 is 2.00 bits per heavy atom. The van der Waals surface area contributed by atoms with Gasteiger partial charge in [-0.15, -0.1) is 0 Å². The number of nitrogens with zero attached hydrogens (tertiary/aromatic N) is 2. The van der Waals surface area contributed by atoms with Crippen LogP contribution in [-0.4, -0.2) is 29.6 Å². The lowest BCUT2D eigenvalue weighted by Crippen LogP contribution is -2.21. The van der Waals surface area contributed by atoms with Crippen LogP contribution in [0, 0.1) is 5.92 Å². The predicted molar refractivity (Wildman–Crippen MR) is 82.3 cm³/mol. The molecule has 2 aliphatic heterocycles. The van der Waals surface area contributed by atoms with Crippen LogP contribution in [0.5, 0.6) is 5.88 Å². The van der Waals surface area contributed by atoms with Gasteiger partial charge < -0.3 is 4.74 Å². The number of fused-ring (bicyclic) bond motifs is 3. The molecule has 0 bridgehead atoms. The standard InChI is InChI=1S/C18H20N2O/c1-2-5-14(6-3-1)11-20-12-15-8-10-21-18-16(17(15)13-20)7-4-9-19-18/h1-7,9,15,17H,8,10-13H2. The molecule has 0 spiro atoms. The zero-order valence-electron chi connectivity index (χ0n) is 12.1. The quantitative estimate of drug-likeness (QED) is 0.845. The molecule has 1 fully saturated rings. The third-order valence-corrected chi connectivity index (χ3v) is 4.69. The number of benzene rings is 1. The highest BCUT2D eigenvalue weighted by atomic mass is 16.5. The fraction of sp³-hybridized carbons (Fsp3) is 0.389. The molecule has 2 aliphatic rings. The molecule has 0 aliphatic carbocycles. The molecule has 0 N–H and O–H groups in total. The first-order valence-corrected chi connectivity index (χ1v) is 7.74. The summed E-state index contributed by atoms with van der Waals surface area (Å²) in [7, 11) is 0. The fourth-order valence-corrected chi connectivity index (χ4v) is 3.69. The Hall–Kier alpha value is -1.87. The molecule has 2 unspecified atom stereocenters. The number of rotatable bonds is 2. The second kappa shape index (κ2) is 5.49. The molecule has 108 valence electrons. The monoisotopic (exact) mass is 280 g/mol. The highest BCUT2D eigenvalue weighted by molar-refractivity contribution is 5.32. The van der Waals surface area contributed by atoms with Crippen LogP contribution in [0.3, 0.4) is 0 Å². The molecule has 4 rings (SSSR count). The van der Waals surface area contributed by atoms with Crippen molar-refractivity contribution in [3.05, 3.63) is 59.8 Å². The van der Waals surface area contributed by atoms with Gasteiger partial charge in [-0.1, -0.05) is 36.4 Å². The molecule has 1 saturated heterocycles. The molecular weight excluding hydrogens is 260 g/mol. The molecule has 3 heterocycles. The summed E-state index contributed by atoms with van der Waals surface area (Å²) in [6.07, 6.45) is 2.96. The van der Waals surface area contributed by atoms with E-state index in [2.05, 4.69) is 46.3 Å². The van der Waals surface area contributed by atoms with Crippen LogP contribution >= 0.6 is 0 Å². The van der Waals surface area contributed by atoms with Gasteiger partial charge in [-0.3, -0.25) is 4.90 Å². The average molecular weight is 280 g/mol. The molecule has 21 heavy (non-hydrogen) atoms. The Morgan fingerprint density at radius 3 is 2.90 bits per heavy atom. The van der Waals surface area contributed by atoms with Crippen LogP contribution in [0.4, 0.5) is 0 Å². The number of hydrogen-bond acceptors (Lipinski definition) is 3. The van der Waals surface area contributed by atoms with Gasteiger partial charge in [0.15, 0.2) is 0 Å². The van der Waals surface area contributed by atoms with Crippen LogP contribution in [0.2, 0.25) is 0 Å². The van der Waals surface area contributed by atoms with Gasteiger partial charge in [0.05, 0.1) is 6.61 Å². The van der Waals surface area contributed by atoms with Gasteiger partial charge in [-0.25, -0.2) is 4.98 Å². The number of likely N-dealkylation sites (tertiary alicyclic amines) is 1. The van der Waals surface area contributed by atoms with Crippen LogP contribution in [0.15, 0.2) is 48.7 Å². The van der Waals surface area contributed by atoms with Crippen LogP contribution < -0.4 is 4.74 Å². The van der Waals surface area contributed by atoms with E-state index in [1.807, 2.05) is 12.3 Å². The molecule has 0 saturated carbocycles. The molecule has 3 heteroatoms. The van der Waals surface area contributed by atoms with E-state index >= 15 is 0 Å². The number of pyridine rings is 1. The Kier molecular flexibility index (Phi) is 3.36. The van der Waals surface area contributed by atoms with E-state index in [1.165, 1.54) is 11.1 Å². The first-order valence-electron chi connectivity index (χ1n) is 7.74. The minimum absolute atomic E-state index is 0.569. The molecule has 0 radical (unpaired) electrons. The van der Waals surface area contributed by atoms with Crippen molar-refractivity contribution in [3.63, 3.8) is 0 Å². The molecule has 1 aromatic heterocycles. The molecule has 0 amide bonds. The van der Waals surface area contributed by atoms with Crippen molar-refractivity contribution in [1.82, 2.24) is 9.88 Å². The molecular formula is C18H20N2O. The maximum Gasteiger partial charge on any atom is 0.216 e. The van der Waals surface area contributed by atoms with Crippen molar-refractivity contribution in [2.45, 2.75) is 18.9 Å². The second-order valence-electron chi connectivity index (χ2n) is 6.08. The minimum Gasteiger partial charge on any atom is -0.477 e. The summed E-state index contributed by atoms with van der Waals surface area (Å²) in [5.74, 6) is 2.12. The average Bonchev–Trinajstić information content (AvgIpc) is 2.83.